The molecule has 0 fully saturated rings. The molecule has 2 aromatic heterocycles. The number of methoxy groups -OCH3 is 1. The molecule has 154 valence electrons. The van der Waals surface area contributed by atoms with Gasteiger partial charge in [0.05, 0.1) is 35.8 Å². The van der Waals surface area contributed by atoms with Crippen molar-refractivity contribution in [2.24, 2.45) is 0 Å². The Morgan fingerprint density at radius 3 is 2.55 bits per heavy atom. The van der Waals surface area contributed by atoms with Crippen molar-refractivity contribution in [1.82, 2.24) is 9.78 Å². The molecule has 3 rings (SSSR count). The fraction of sp³-hybridized carbons (Fsp3) is 0.364. The van der Waals surface area contributed by atoms with Gasteiger partial charge in [-0.25, -0.2) is 0 Å². The lowest BCUT2D eigenvalue weighted by Gasteiger charge is -2.21. The number of furan rings is 1. The van der Waals surface area contributed by atoms with Gasteiger partial charge >= 0.3 is 0 Å². The highest BCUT2D eigenvalue weighted by atomic mass is 35.5. The third-order valence-electron chi connectivity index (χ3n) is 4.80. The Hall–Kier alpha value is -2.73. The van der Waals surface area contributed by atoms with E-state index < -0.39 is 0 Å². The second-order valence-electron chi connectivity index (χ2n) is 8.03. The third kappa shape index (κ3) is 4.48. The predicted molar refractivity (Wildman–Crippen MR) is 114 cm³/mol. The van der Waals surface area contributed by atoms with Crippen molar-refractivity contribution in [2.75, 3.05) is 12.4 Å². The third-order valence-corrected chi connectivity index (χ3v) is 5.34. The van der Waals surface area contributed by atoms with E-state index in [-0.39, 0.29) is 17.1 Å². The number of carbonyl (C=O) groups is 1. The number of nitrogens with zero attached hydrogens (tertiary/aromatic N) is 2. The average molecular weight is 416 g/mol. The molecule has 3 aromatic rings. The summed E-state index contributed by atoms with van der Waals surface area (Å²) in [5, 5.41) is 7.92. The second-order valence-corrected chi connectivity index (χ2v) is 8.41. The van der Waals surface area contributed by atoms with E-state index in [2.05, 4.69) is 31.2 Å². The smallest absolute Gasteiger partial charge is 0.291 e. The molecule has 1 amide bonds. The lowest BCUT2D eigenvalue weighted by molar-refractivity contribution is 0.0994. The molecule has 0 aliphatic carbocycles. The van der Waals surface area contributed by atoms with Crippen molar-refractivity contribution in [3.8, 4) is 5.75 Å². The minimum Gasteiger partial charge on any atom is -0.495 e. The molecular formula is C22H26ClN3O3. The topological polar surface area (TPSA) is 69.3 Å². The number of anilines is 1. The Kier molecular flexibility index (Phi) is 5.75. The van der Waals surface area contributed by atoms with E-state index in [1.54, 1.807) is 23.9 Å². The van der Waals surface area contributed by atoms with Gasteiger partial charge in [0.25, 0.3) is 5.91 Å². The maximum atomic E-state index is 12.7. The molecule has 0 bridgehead atoms. The number of carbonyl (C=O) groups excluding carboxylic acids is 1. The first-order chi connectivity index (χ1) is 13.6. The number of nitrogens with one attached hydrogen (secondary N) is 1. The summed E-state index contributed by atoms with van der Waals surface area (Å²) < 4.78 is 12.9. The first-order valence-electron chi connectivity index (χ1n) is 9.38. The molecule has 1 N–H and O–H groups in total. The van der Waals surface area contributed by atoms with Crippen molar-refractivity contribution < 1.29 is 13.9 Å². The number of amides is 1. The molecular weight excluding hydrogens is 390 g/mol. The van der Waals surface area contributed by atoms with Crippen LogP contribution in [0.3, 0.4) is 0 Å². The summed E-state index contributed by atoms with van der Waals surface area (Å²) in [5.41, 5.74) is 3.27. The second kappa shape index (κ2) is 7.95. The Bertz CT molecular complexity index is 1040. The lowest BCUT2D eigenvalue weighted by atomic mass is 9.87. The molecule has 29 heavy (non-hydrogen) atoms. The fourth-order valence-corrected chi connectivity index (χ4v) is 3.15. The van der Waals surface area contributed by atoms with Crippen LogP contribution in [0.4, 0.5) is 5.69 Å². The summed E-state index contributed by atoms with van der Waals surface area (Å²) >= 11 is 6.19. The minimum atomic E-state index is -0.341. The van der Waals surface area contributed by atoms with Gasteiger partial charge in [0, 0.05) is 0 Å². The van der Waals surface area contributed by atoms with Crippen LogP contribution in [0.15, 0.2) is 34.7 Å². The van der Waals surface area contributed by atoms with Crippen LogP contribution in [-0.2, 0) is 12.0 Å². The van der Waals surface area contributed by atoms with Crippen LogP contribution < -0.4 is 10.1 Å². The van der Waals surface area contributed by atoms with Gasteiger partial charge in [-0.3, -0.25) is 9.48 Å². The number of aromatic nitrogens is 2. The van der Waals surface area contributed by atoms with E-state index in [9.17, 15) is 4.79 Å². The van der Waals surface area contributed by atoms with Crippen molar-refractivity contribution in [1.29, 1.82) is 0 Å². The van der Waals surface area contributed by atoms with E-state index in [1.165, 1.54) is 0 Å². The zero-order chi connectivity index (χ0) is 21.3. The highest BCUT2D eigenvalue weighted by Gasteiger charge is 2.19. The summed E-state index contributed by atoms with van der Waals surface area (Å²) in [5.74, 6) is 1.09. The van der Waals surface area contributed by atoms with Crippen molar-refractivity contribution in [3.05, 3.63) is 63.8 Å². The quantitative estimate of drug-likeness (QED) is 0.609. The minimum absolute atomic E-state index is 0.0510. The highest BCUT2D eigenvalue weighted by Crippen LogP contribution is 2.32. The number of benzene rings is 1. The SMILES string of the molecule is COc1ccc(C(C)(C)C)cc1NC(=O)c1ccc(Cn2nc(C)c(Cl)c2C)o1. The Balaban J connectivity index is 1.79. The van der Waals surface area contributed by atoms with E-state index in [0.29, 0.717) is 28.8 Å². The molecule has 0 saturated heterocycles. The number of ether oxygens (including phenoxy) is 1. The van der Waals surface area contributed by atoms with Crippen molar-refractivity contribution in [3.63, 3.8) is 0 Å². The molecule has 6 nitrogen and oxygen atoms in total. The number of halogens is 1. The van der Waals surface area contributed by atoms with Gasteiger partial charge in [-0.15, -0.1) is 0 Å². The molecule has 0 unspecified atom stereocenters. The normalized spacial score (nSPS) is 11.6. The van der Waals surface area contributed by atoms with E-state index in [0.717, 1.165) is 17.0 Å². The largest absolute Gasteiger partial charge is 0.495 e. The zero-order valence-electron chi connectivity index (χ0n) is 17.6. The zero-order valence-corrected chi connectivity index (χ0v) is 18.3. The van der Waals surface area contributed by atoms with Crippen LogP contribution >= 0.6 is 11.6 Å². The van der Waals surface area contributed by atoms with Crippen LogP contribution in [-0.4, -0.2) is 22.8 Å². The maximum Gasteiger partial charge on any atom is 0.291 e. The van der Waals surface area contributed by atoms with Gasteiger partial charge in [-0.1, -0.05) is 38.4 Å². The molecule has 0 aliphatic heterocycles. The molecule has 1 aromatic carbocycles. The molecule has 0 radical (unpaired) electrons. The fourth-order valence-electron chi connectivity index (χ4n) is 3.02. The Morgan fingerprint density at radius 1 is 1.24 bits per heavy atom. The van der Waals surface area contributed by atoms with Gasteiger partial charge in [0.1, 0.15) is 11.5 Å². The summed E-state index contributed by atoms with van der Waals surface area (Å²) in [6, 6.07) is 9.20. The number of rotatable bonds is 5. The Morgan fingerprint density at radius 2 is 1.97 bits per heavy atom. The van der Waals surface area contributed by atoms with Crippen LogP contribution in [0.25, 0.3) is 0 Å². The summed E-state index contributed by atoms with van der Waals surface area (Å²) in [6.07, 6.45) is 0. The van der Waals surface area contributed by atoms with Crippen LogP contribution in [0.1, 0.15) is 54.0 Å². The average Bonchev–Trinajstić information content (AvgIpc) is 3.22. The first kappa shape index (κ1) is 21.0. The number of aryl methyl sites for hydroxylation is 1. The summed E-state index contributed by atoms with van der Waals surface area (Å²) in [6.45, 7) is 10.5. The molecule has 2 heterocycles. The maximum absolute atomic E-state index is 12.7. The molecule has 7 heteroatoms. The molecule has 0 saturated carbocycles. The monoisotopic (exact) mass is 415 g/mol. The van der Waals surface area contributed by atoms with Crippen LogP contribution in [0.5, 0.6) is 5.75 Å². The van der Waals surface area contributed by atoms with Crippen LogP contribution in [0.2, 0.25) is 5.02 Å². The molecule has 0 aliphatic rings. The highest BCUT2D eigenvalue weighted by molar-refractivity contribution is 6.31. The first-order valence-corrected chi connectivity index (χ1v) is 9.76. The molecule has 0 spiro atoms. The summed E-state index contributed by atoms with van der Waals surface area (Å²) in [7, 11) is 1.58. The van der Waals surface area contributed by atoms with Crippen molar-refractivity contribution in [2.45, 2.75) is 46.6 Å². The van der Waals surface area contributed by atoms with Gasteiger partial charge in [0.15, 0.2) is 5.76 Å². The summed E-state index contributed by atoms with van der Waals surface area (Å²) in [4.78, 5) is 12.7. The Labute approximate surface area is 175 Å². The standard InChI is InChI=1S/C22H26ClN3O3/c1-13-20(23)14(2)26(25-13)12-16-8-10-19(29-16)21(27)24-17-11-15(22(3,4)5)7-9-18(17)28-6/h7-11H,12H2,1-6H3,(H,24,27). The van der Waals surface area contributed by atoms with Gasteiger partial charge in [-0.2, -0.15) is 5.10 Å². The van der Waals surface area contributed by atoms with E-state index in [4.69, 9.17) is 20.8 Å². The van der Waals surface area contributed by atoms with E-state index in [1.807, 2.05) is 32.0 Å². The number of hydrogen-bond donors (Lipinski definition) is 1. The lowest BCUT2D eigenvalue weighted by Crippen LogP contribution is -2.15. The molecule has 0 atom stereocenters. The van der Waals surface area contributed by atoms with Gasteiger partial charge in [0.2, 0.25) is 0 Å². The van der Waals surface area contributed by atoms with Gasteiger partial charge < -0.3 is 14.5 Å². The van der Waals surface area contributed by atoms with Crippen molar-refractivity contribution >= 4 is 23.2 Å². The number of hydrogen-bond acceptors (Lipinski definition) is 4. The van der Waals surface area contributed by atoms with Crippen LogP contribution in [0, 0.1) is 13.8 Å². The van der Waals surface area contributed by atoms with Gasteiger partial charge in [-0.05, 0) is 49.1 Å². The van der Waals surface area contributed by atoms with E-state index >= 15 is 0 Å². The predicted octanol–water partition coefficient (Wildman–Crippen LogP) is 5.35.